The maximum absolute atomic E-state index is 10.9. The Morgan fingerprint density at radius 1 is 1.15 bits per heavy atom. The van der Waals surface area contributed by atoms with Crippen LogP contribution in [0, 0.1) is 10.1 Å². The molecule has 0 amide bonds. The van der Waals surface area contributed by atoms with Crippen LogP contribution in [0.2, 0.25) is 0 Å². The number of ether oxygens (including phenoxy) is 2. The second-order valence-corrected chi connectivity index (χ2v) is 6.50. The van der Waals surface area contributed by atoms with Crippen molar-refractivity contribution in [2.75, 3.05) is 6.61 Å². The van der Waals surface area contributed by atoms with Crippen molar-refractivity contribution in [2.45, 2.75) is 25.6 Å². The van der Waals surface area contributed by atoms with Crippen LogP contribution in [0.5, 0.6) is 0 Å². The molecule has 0 spiro atoms. The summed E-state index contributed by atoms with van der Waals surface area (Å²) >= 11 is 0. The Morgan fingerprint density at radius 3 is 2.70 bits per heavy atom. The first-order valence-electron chi connectivity index (χ1n) is 9.01. The van der Waals surface area contributed by atoms with Gasteiger partial charge in [-0.15, -0.1) is 0 Å². The summed E-state index contributed by atoms with van der Waals surface area (Å²) in [6.45, 7) is 0.736. The van der Waals surface area contributed by atoms with Crippen molar-refractivity contribution in [1.29, 1.82) is 0 Å². The fourth-order valence-electron chi connectivity index (χ4n) is 3.33. The van der Waals surface area contributed by atoms with E-state index < -0.39 is 4.92 Å². The third-order valence-corrected chi connectivity index (χ3v) is 4.72. The number of nitro benzene ring substituents is 1. The lowest BCUT2D eigenvalue weighted by Gasteiger charge is -2.21. The standard InChI is InChI=1S/C21H20N2O4/c24-23(25)16-10-8-15(9-11-16)21-18(17-5-1-2-6-19(17)22-21)12-14-27-20-7-3-4-13-26-20/h1-2,5-6,8-12,14,20,22H,3-4,7,13H2/b14-12+. The first-order chi connectivity index (χ1) is 13.2. The average molecular weight is 364 g/mol. The molecule has 1 unspecified atom stereocenters. The van der Waals surface area contributed by atoms with Crippen LogP contribution in [-0.4, -0.2) is 22.8 Å². The molecule has 1 aliphatic rings. The van der Waals surface area contributed by atoms with Crippen LogP contribution in [-0.2, 0) is 9.47 Å². The van der Waals surface area contributed by atoms with E-state index >= 15 is 0 Å². The number of H-pyrrole nitrogens is 1. The largest absolute Gasteiger partial charge is 0.473 e. The van der Waals surface area contributed by atoms with Gasteiger partial charge < -0.3 is 14.5 Å². The summed E-state index contributed by atoms with van der Waals surface area (Å²) in [6.07, 6.45) is 6.50. The van der Waals surface area contributed by atoms with E-state index in [-0.39, 0.29) is 12.0 Å². The first-order valence-corrected chi connectivity index (χ1v) is 9.01. The molecule has 1 atom stereocenters. The van der Waals surface area contributed by atoms with Crippen LogP contribution < -0.4 is 0 Å². The average Bonchev–Trinajstić information content (AvgIpc) is 3.08. The smallest absolute Gasteiger partial charge is 0.269 e. The van der Waals surface area contributed by atoms with Crippen LogP contribution in [0.3, 0.4) is 0 Å². The van der Waals surface area contributed by atoms with Crippen molar-refractivity contribution in [3.63, 3.8) is 0 Å². The van der Waals surface area contributed by atoms with E-state index in [0.717, 1.165) is 53.6 Å². The van der Waals surface area contributed by atoms with E-state index in [4.69, 9.17) is 9.47 Å². The Morgan fingerprint density at radius 2 is 1.96 bits per heavy atom. The van der Waals surface area contributed by atoms with Gasteiger partial charge in [-0.1, -0.05) is 18.2 Å². The highest BCUT2D eigenvalue weighted by atomic mass is 16.7. The molecule has 1 aromatic heterocycles. The van der Waals surface area contributed by atoms with E-state index in [1.807, 2.05) is 30.3 Å². The number of fused-ring (bicyclic) bond motifs is 1. The first kappa shape index (κ1) is 17.3. The minimum Gasteiger partial charge on any atom is -0.473 e. The fraction of sp³-hybridized carbons (Fsp3) is 0.238. The lowest BCUT2D eigenvalue weighted by atomic mass is 10.0. The van der Waals surface area contributed by atoms with Gasteiger partial charge in [-0.25, -0.2) is 0 Å². The fourth-order valence-corrected chi connectivity index (χ4v) is 3.33. The van der Waals surface area contributed by atoms with Crippen molar-refractivity contribution >= 4 is 22.7 Å². The molecule has 1 N–H and O–H groups in total. The van der Waals surface area contributed by atoms with Gasteiger partial charge in [0, 0.05) is 35.0 Å². The molecule has 1 saturated heterocycles. The lowest BCUT2D eigenvalue weighted by molar-refractivity contribution is -0.384. The highest BCUT2D eigenvalue weighted by Crippen LogP contribution is 2.32. The number of aromatic nitrogens is 1. The third kappa shape index (κ3) is 3.71. The van der Waals surface area contributed by atoms with Crippen LogP contribution in [0.4, 0.5) is 5.69 Å². The SMILES string of the molecule is O=[N+]([O-])c1ccc(-c2[nH]c3ccccc3c2/C=C/OC2CCCCO2)cc1. The molecule has 27 heavy (non-hydrogen) atoms. The highest BCUT2D eigenvalue weighted by Gasteiger charge is 2.15. The molecule has 6 nitrogen and oxygen atoms in total. The maximum atomic E-state index is 10.9. The number of para-hydroxylation sites is 1. The molecule has 138 valence electrons. The molecule has 6 heteroatoms. The summed E-state index contributed by atoms with van der Waals surface area (Å²) in [6, 6.07) is 14.5. The minimum absolute atomic E-state index is 0.0738. The molecular formula is C21H20N2O4. The topological polar surface area (TPSA) is 77.4 Å². The van der Waals surface area contributed by atoms with Gasteiger partial charge in [0.2, 0.25) is 0 Å². The summed E-state index contributed by atoms with van der Waals surface area (Å²) in [4.78, 5) is 13.9. The van der Waals surface area contributed by atoms with Gasteiger partial charge in [-0.3, -0.25) is 10.1 Å². The van der Waals surface area contributed by atoms with E-state index in [2.05, 4.69) is 4.98 Å². The molecule has 3 aromatic rings. The van der Waals surface area contributed by atoms with E-state index in [0.29, 0.717) is 0 Å². The zero-order valence-electron chi connectivity index (χ0n) is 14.8. The monoisotopic (exact) mass is 364 g/mol. The van der Waals surface area contributed by atoms with E-state index in [1.54, 1.807) is 18.4 Å². The molecule has 0 radical (unpaired) electrons. The molecule has 0 aliphatic carbocycles. The van der Waals surface area contributed by atoms with Gasteiger partial charge in [0.15, 0.2) is 6.29 Å². The number of hydrogen-bond donors (Lipinski definition) is 1. The Kier molecular flexibility index (Phi) is 4.89. The van der Waals surface area contributed by atoms with E-state index in [9.17, 15) is 10.1 Å². The predicted octanol–water partition coefficient (Wildman–Crippen LogP) is 5.26. The van der Waals surface area contributed by atoms with Crippen molar-refractivity contribution in [1.82, 2.24) is 4.98 Å². The third-order valence-electron chi connectivity index (χ3n) is 4.72. The van der Waals surface area contributed by atoms with Crippen molar-refractivity contribution < 1.29 is 14.4 Å². The zero-order chi connectivity index (χ0) is 18.6. The number of nitrogens with zero attached hydrogens (tertiary/aromatic N) is 1. The van der Waals surface area contributed by atoms with Crippen molar-refractivity contribution in [3.8, 4) is 11.3 Å². The molecular weight excluding hydrogens is 344 g/mol. The Balaban J connectivity index is 1.67. The Labute approximate surface area is 156 Å². The normalized spacial score (nSPS) is 17.4. The lowest BCUT2D eigenvalue weighted by Crippen LogP contribution is -2.19. The van der Waals surface area contributed by atoms with Gasteiger partial charge in [-0.05, 0) is 42.7 Å². The summed E-state index contributed by atoms with van der Waals surface area (Å²) in [7, 11) is 0. The highest BCUT2D eigenvalue weighted by molar-refractivity contribution is 5.96. The van der Waals surface area contributed by atoms with Crippen molar-refractivity contribution in [2.24, 2.45) is 0 Å². The van der Waals surface area contributed by atoms with Crippen LogP contribution in [0.1, 0.15) is 24.8 Å². The number of nitrogens with one attached hydrogen (secondary N) is 1. The Hall–Kier alpha value is -3.12. The number of hydrogen-bond acceptors (Lipinski definition) is 4. The number of aromatic amines is 1. The van der Waals surface area contributed by atoms with Crippen LogP contribution in [0.25, 0.3) is 28.2 Å². The summed E-state index contributed by atoms with van der Waals surface area (Å²) in [5, 5.41) is 12.0. The minimum atomic E-state index is -0.395. The van der Waals surface area contributed by atoms with Gasteiger partial charge in [0.25, 0.3) is 5.69 Å². The molecule has 2 heterocycles. The second-order valence-electron chi connectivity index (χ2n) is 6.50. The van der Waals surface area contributed by atoms with E-state index in [1.165, 1.54) is 12.1 Å². The second kappa shape index (κ2) is 7.63. The van der Waals surface area contributed by atoms with Crippen molar-refractivity contribution in [3.05, 3.63) is 70.5 Å². The molecule has 1 aliphatic heterocycles. The van der Waals surface area contributed by atoms with Gasteiger partial charge >= 0.3 is 0 Å². The number of non-ortho nitro benzene ring substituents is 1. The maximum Gasteiger partial charge on any atom is 0.269 e. The number of nitro groups is 1. The summed E-state index contributed by atoms with van der Waals surface area (Å²) in [5.41, 5.74) is 3.83. The number of benzene rings is 2. The summed E-state index contributed by atoms with van der Waals surface area (Å²) in [5.74, 6) is 0. The van der Waals surface area contributed by atoms with Crippen LogP contribution in [0.15, 0.2) is 54.8 Å². The summed E-state index contributed by atoms with van der Waals surface area (Å²) < 4.78 is 11.3. The number of rotatable bonds is 5. The van der Waals surface area contributed by atoms with Gasteiger partial charge in [0.05, 0.1) is 23.5 Å². The van der Waals surface area contributed by atoms with Gasteiger partial charge in [-0.2, -0.15) is 0 Å². The van der Waals surface area contributed by atoms with Gasteiger partial charge in [0.1, 0.15) is 0 Å². The quantitative estimate of drug-likeness (QED) is 0.381. The zero-order valence-corrected chi connectivity index (χ0v) is 14.8. The van der Waals surface area contributed by atoms with Crippen LogP contribution >= 0.6 is 0 Å². The Bertz CT molecular complexity index is 970. The molecule has 0 saturated carbocycles. The molecule has 2 aromatic carbocycles. The molecule has 1 fully saturated rings. The molecule has 0 bridgehead atoms. The predicted molar refractivity (Wildman–Crippen MR) is 104 cm³/mol. The molecule has 4 rings (SSSR count).